The first kappa shape index (κ1) is 34.1. The number of ether oxygens (including phenoxy) is 2. The van der Waals surface area contributed by atoms with E-state index in [0.717, 1.165) is 17.7 Å². The van der Waals surface area contributed by atoms with Gasteiger partial charge in [0.05, 0.1) is 11.0 Å². The van der Waals surface area contributed by atoms with Crippen LogP contribution in [0, 0.1) is 5.82 Å². The van der Waals surface area contributed by atoms with Crippen molar-refractivity contribution in [2.75, 3.05) is 24.5 Å². The van der Waals surface area contributed by atoms with Crippen LogP contribution in [0.15, 0.2) is 114 Å². The van der Waals surface area contributed by atoms with Crippen molar-refractivity contribution in [2.45, 2.75) is 43.9 Å². The smallest absolute Gasteiger partial charge is 0.261 e. The zero-order valence-electron chi connectivity index (χ0n) is 25.8. The number of carbonyl (C=O) groups excluding carboxylic acids is 2. The molecule has 4 aromatic rings. The minimum absolute atomic E-state index is 0.0409. The number of hydrogen-bond acceptors (Lipinski definition) is 6. The van der Waals surface area contributed by atoms with Gasteiger partial charge in [-0.2, -0.15) is 0 Å². The molecular formula is C35H38FN3O6S. The van der Waals surface area contributed by atoms with Crippen molar-refractivity contribution in [2.24, 2.45) is 0 Å². The van der Waals surface area contributed by atoms with Gasteiger partial charge < -0.3 is 19.7 Å². The van der Waals surface area contributed by atoms with E-state index in [-0.39, 0.29) is 34.9 Å². The topological polar surface area (TPSA) is 114 Å². The monoisotopic (exact) mass is 647 g/mol. The predicted molar refractivity (Wildman–Crippen MR) is 174 cm³/mol. The van der Waals surface area contributed by atoms with E-state index in [9.17, 15) is 22.4 Å². The lowest BCUT2D eigenvalue weighted by atomic mass is 10.0. The summed E-state index contributed by atoms with van der Waals surface area (Å²) in [7, 11) is -3.95. The van der Waals surface area contributed by atoms with Gasteiger partial charge in [-0.25, -0.2) is 12.8 Å². The number of anilines is 1. The number of sulfonamides is 1. The summed E-state index contributed by atoms with van der Waals surface area (Å²) in [4.78, 5) is 28.9. The molecule has 0 aliphatic rings. The van der Waals surface area contributed by atoms with Crippen molar-refractivity contribution in [1.29, 1.82) is 0 Å². The normalized spacial score (nSPS) is 11.9. The maximum atomic E-state index is 13.8. The Hall–Kier alpha value is -4.74. The highest BCUT2D eigenvalue weighted by molar-refractivity contribution is 7.92. The third-order valence-electron chi connectivity index (χ3n) is 6.86. The van der Waals surface area contributed by atoms with E-state index in [0.29, 0.717) is 25.1 Å². The lowest BCUT2D eigenvalue weighted by Crippen LogP contribution is -2.45. The summed E-state index contributed by atoms with van der Waals surface area (Å²) in [6, 6.07) is 28.0. The van der Waals surface area contributed by atoms with Crippen molar-refractivity contribution in [3.05, 3.63) is 126 Å². The molecule has 0 spiro atoms. The first-order valence-corrected chi connectivity index (χ1v) is 16.4. The first-order valence-electron chi connectivity index (χ1n) is 14.9. The first-order chi connectivity index (χ1) is 22.1. The van der Waals surface area contributed by atoms with Crippen LogP contribution in [0.1, 0.15) is 37.4 Å². The number of amides is 2. The number of carbonyl (C=O) groups is 2. The van der Waals surface area contributed by atoms with Crippen LogP contribution in [0.3, 0.4) is 0 Å². The average molecular weight is 648 g/mol. The van der Waals surface area contributed by atoms with E-state index in [1.54, 1.807) is 12.1 Å². The van der Waals surface area contributed by atoms with Crippen LogP contribution in [-0.2, 0) is 30.9 Å². The molecule has 1 atom stereocenters. The fourth-order valence-electron chi connectivity index (χ4n) is 4.59. The number of nitrogens with zero attached hydrogens (tertiary/aromatic N) is 1. The number of nitrogens with one attached hydrogen (secondary N) is 2. The largest absolute Gasteiger partial charge is 0.484 e. The molecule has 0 heterocycles. The maximum absolute atomic E-state index is 13.8. The van der Waals surface area contributed by atoms with E-state index in [1.807, 2.05) is 62.4 Å². The summed E-state index contributed by atoms with van der Waals surface area (Å²) in [5, 5.41) is 2.96. The molecule has 0 aliphatic carbocycles. The van der Waals surface area contributed by atoms with Crippen LogP contribution in [0.2, 0.25) is 0 Å². The van der Waals surface area contributed by atoms with Gasteiger partial charge in [-0.3, -0.25) is 14.3 Å². The summed E-state index contributed by atoms with van der Waals surface area (Å²) >= 11 is 0. The van der Waals surface area contributed by atoms with E-state index in [2.05, 4.69) is 10.0 Å². The summed E-state index contributed by atoms with van der Waals surface area (Å²) < 4.78 is 52.5. The van der Waals surface area contributed by atoms with Crippen LogP contribution >= 0.6 is 0 Å². The Balaban J connectivity index is 1.50. The zero-order chi connectivity index (χ0) is 32.9. The summed E-state index contributed by atoms with van der Waals surface area (Å²) in [6.45, 7) is 4.52. The van der Waals surface area contributed by atoms with Crippen molar-refractivity contribution >= 4 is 27.5 Å². The molecule has 0 saturated carbocycles. The Labute approximate surface area is 269 Å². The van der Waals surface area contributed by atoms with Crippen molar-refractivity contribution in [3.8, 4) is 5.75 Å². The Morgan fingerprint density at radius 1 is 0.848 bits per heavy atom. The van der Waals surface area contributed by atoms with E-state index in [1.165, 1.54) is 41.3 Å². The second kappa shape index (κ2) is 16.5. The van der Waals surface area contributed by atoms with E-state index >= 15 is 0 Å². The second-order valence-electron chi connectivity index (χ2n) is 10.8. The molecule has 242 valence electrons. The lowest BCUT2D eigenvalue weighted by Gasteiger charge is -2.31. The van der Waals surface area contributed by atoms with Crippen molar-refractivity contribution in [3.63, 3.8) is 0 Å². The van der Waals surface area contributed by atoms with Crippen LogP contribution in [-0.4, -0.2) is 51.0 Å². The minimum atomic E-state index is -3.95. The number of halogens is 1. The van der Waals surface area contributed by atoms with Gasteiger partial charge in [-0.05, 0) is 79.9 Å². The summed E-state index contributed by atoms with van der Waals surface area (Å²) in [5.41, 5.74) is 1.69. The molecule has 0 aliphatic heterocycles. The fraction of sp³-hybridized carbons (Fsp3) is 0.257. The van der Waals surface area contributed by atoms with Gasteiger partial charge in [0, 0.05) is 25.4 Å². The maximum Gasteiger partial charge on any atom is 0.261 e. The lowest BCUT2D eigenvalue weighted by molar-refractivity contribution is -0.143. The highest BCUT2D eigenvalue weighted by atomic mass is 32.2. The minimum Gasteiger partial charge on any atom is -0.484 e. The average Bonchev–Trinajstić information content (AvgIpc) is 3.05. The standard InChI is InChI=1S/C35H38FN3O6S/c1-26(2)44-23-9-22-37-35(41)34(28-12-7-4-8-13-28)39(24-27-10-5-3-6-11-27)33(40)25-45-31-18-20-32(21-19-31)46(42,43)38-30-16-14-29(36)15-17-30/h3-8,10-21,26,34,38H,9,22-25H2,1-2H3,(H,37,41). The Morgan fingerprint density at radius 2 is 1.48 bits per heavy atom. The molecule has 4 rings (SSSR count). The SMILES string of the molecule is CC(C)OCCCNC(=O)C(c1ccccc1)N(Cc1ccccc1)C(=O)COc1ccc(S(=O)(=O)Nc2ccc(F)cc2)cc1. The van der Waals surface area contributed by atoms with Crippen LogP contribution in [0.5, 0.6) is 5.75 Å². The molecular weight excluding hydrogens is 609 g/mol. The molecule has 0 bridgehead atoms. The third-order valence-corrected chi connectivity index (χ3v) is 8.25. The summed E-state index contributed by atoms with van der Waals surface area (Å²) in [6.07, 6.45) is 0.706. The molecule has 0 fully saturated rings. The van der Waals surface area contributed by atoms with E-state index < -0.39 is 34.4 Å². The van der Waals surface area contributed by atoms with Gasteiger partial charge in [0.1, 0.15) is 17.6 Å². The fourth-order valence-corrected chi connectivity index (χ4v) is 5.64. The van der Waals surface area contributed by atoms with Gasteiger partial charge in [0.25, 0.3) is 15.9 Å². The van der Waals surface area contributed by atoms with Gasteiger partial charge in [0.2, 0.25) is 5.91 Å². The Morgan fingerprint density at radius 3 is 2.11 bits per heavy atom. The van der Waals surface area contributed by atoms with Gasteiger partial charge in [-0.1, -0.05) is 60.7 Å². The Kier molecular flexibility index (Phi) is 12.3. The molecule has 2 amide bonds. The molecule has 11 heteroatoms. The van der Waals surface area contributed by atoms with Crippen molar-refractivity contribution in [1.82, 2.24) is 10.2 Å². The quantitative estimate of drug-likeness (QED) is 0.151. The molecule has 1 unspecified atom stereocenters. The van der Waals surface area contributed by atoms with Crippen LogP contribution in [0.25, 0.3) is 0 Å². The zero-order valence-corrected chi connectivity index (χ0v) is 26.6. The molecule has 0 radical (unpaired) electrons. The van der Waals surface area contributed by atoms with Gasteiger partial charge >= 0.3 is 0 Å². The number of rotatable bonds is 16. The second-order valence-corrected chi connectivity index (χ2v) is 12.4. The molecule has 0 saturated heterocycles. The van der Waals surface area contributed by atoms with E-state index in [4.69, 9.17) is 9.47 Å². The van der Waals surface area contributed by atoms with Crippen LogP contribution < -0.4 is 14.8 Å². The number of benzene rings is 4. The highest BCUT2D eigenvalue weighted by Crippen LogP contribution is 2.25. The molecule has 46 heavy (non-hydrogen) atoms. The molecule has 2 N–H and O–H groups in total. The highest BCUT2D eigenvalue weighted by Gasteiger charge is 2.31. The van der Waals surface area contributed by atoms with Crippen LogP contribution in [0.4, 0.5) is 10.1 Å². The summed E-state index contributed by atoms with van der Waals surface area (Å²) in [5.74, 6) is -0.988. The third kappa shape index (κ3) is 10.1. The van der Waals surface area contributed by atoms with Gasteiger partial charge in [0.15, 0.2) is 6.61 Å². The molecule has 4 aromatic carbocycles. The molecule has 0 aromatic heterocycles. The van der Waals surface area contributed by atoms with Gasteiger partial charge in [-0.15, -0.1) is 0 Å². The number of hydrogen-bond donors (Lipinski definition) is 2. The predicted octanol–water partition coefficient (Wildman–Crippen LogP) is 5.71. The van der Waals surface area contributed by atoms with Crippen molar-refractivity contribution < 1.29 is 31.9 Å². The Bertz CT molecular complexity index is 1650. The molecule has 9 nitrogen and oxygen atoms in total.